The van der Waals surface area contributed by atoms with Crippen LogP contribution in [-0.4, -0.2) is 41.8 Å². The topological polar surface area (TPSA) is 64.3 Å². The Morgan fingerprint density at radius 1 is 1.67 bits per heavy atom. The fourth-order valence-electron chi connectivity index (χ4n) is 1.85. The fourth-order valence-corrected chi connectivity index (χ4v) is 1.85. The Labute approximate surface area is 88.3 Å². The molecule has 0 aromatic heterocycles. The van der Waals surface area contributed by atoms with Gasteiger partial charge in [-0.15, -0.1) is 0 Å². The normalized spacial score (nSPS) is 26.1. The largest absolute Gasteiger partial charge is 0.393 e. The van der Waals surface area contributed by atoms with Gasteiger partial charge in [0.2, 0.25) is 5.91 Å². The van der Waals surface area contributed by atoms with Crippen LogP contribution in [-0.2, 0) is 4.79 Å². The maximum atomic E-state index is 12.2. The van der Waals surface area contributed by atoms with Gasteiger partial charge < -0.3 is 10.0 Å². The summed E-state index contributed by atoms with van der Waals surface area (Å²) >= 11 is 0. The molecule has 1 rings (SSSR count). The highest BCUT2D eigenvalue weighted by Crippen LogP contribution is 2.20. The van der Waals surface area contributed by atoms with Gasteiger partial charge in [-0.1, -0.05) is 0 Å². The van der Waals surface area contributed by atoms with Crippen LogP contribution in [0.3, 0.4) is 0 Å². The van der Waals surface area contributed by atoms with Crippen LogP contribution in [0, 0.1) is 17.2 Å². The highest BCUT2D eigenvalue weighted by Gasteiger charge is 2.29. The number of aliphatic hydroxyl groups is 1. The Kier molecular flexibility index (Phi) is 4.50. The first-order valence-electron chi connectivity index (χ1n) is 5.07. The summed E-state index contributed by atoms with van der Waals surface area (Å²) in [6, 6.07) is 1.80. The number of nitriles is 1. The van der Waals surface area contributed by atoms with Gasteiger partial charge in [-0.3, -0.25) is 9.18 Å². The van der Waals surface area contributed by atoms with Gasteiger partial charge in [-0.05, 0) is 12.8 Å². The van der Waals surface area contributed by atoms with E-state index in [0.29, 0.717) is 19.5 Å². The monoisotopic (exact) mass is 214 g/mol. The molecule has 4 nitrogen and oxygen atoms in total. The molecule has 1 aliphatic heterocycles. The lowest BCUT2D eigenvalue weighted by Crippen LogP contribution is -2.46. The van der Waals surface area contributed by atoms with Crippen LogP contribution in [0.15, 0.2) is 0 Å². The van der Waals surface area contributed by atoms with Crippen LogP contribution in [0.4, 0.5) is 4.39 Å². The maximum Gasteiger partial charge on any atom is 0.236 e. The van der Waals surface area contributed by atoms with Crippen LogP contribution in [0.5, 0.6) is 0 Å². The lowest BCUT2D eigenvalue weighted by Gasteiger charge is -2.35. The van der Waals surface area contributed by atoms with E-state index in [2.05, 4.69) is 0 Å². The van der Waals surface area contributed by atoms with Gasteiger partial charge in [0, 0.05) is 19.0 Å². The molecule has 0 unspecified atom stereocenters. The first-order chi connectivity index (χ1) is 7.19. The quantitative estimate of drug-likeness (QED) is 0.742. The van der Waals surface area contributed by atoms with E-state index >= 15 is 0 Å². The maximum absolute atomic E-state index is 12.2. The molecule has 5 heteroatoms. The number of hydrogen-bond acceptors (Lipinski definition) is 3. The SMILES string of the molecule is N#CCC(=O)N1CC[C@@H](O)[C@@H](CCF)C1. The minimum atomic E-state index is -0.521. The number of nitrogens with zero attached hydrogens (tertiary/aromatic N) is 2. The summed E-state index contributed by atoms with van der Waals surface area (Å²) in [7, 11) is 0. The third kappa shape index (κ3) is 3.17. The minimum Gasteiger partial charge on any atom is -0.393 e. The summed E-state index contributed by atoms with van der Waals surface area (Å²) in [6.45, 7) is 0.345. The number of amides is 1. The summed E-state index contributed by atoms with van der Waals surface area (Å²) in [4.78, 5) is 12.9. The number of aliphatic hydroxyl groups excluding tert-OH is 1. The predicted octanol–water partition coefficient (Wildman–Crippen LogP) is 0.469. The van der Waals surface area contributed by atoms with Crippen molar-refractivity contribution in [1.29, 1.82) is 5.26 Å². The minimum absolute atomic E-state index is 0.140. The lowest BCUT2D eigenvalue weighted by molar-refractivity contribution is -0.134. The van der Waals surface area contributed by atoms with Crippen LogP contribution in [0.1, 0.15) is 19.3 Å². The number of likely N-dealkylation sites (tertiary alicyclic amines) is 1. The lowest BCUT2D eigenvalue weighted by atomic mass is 9.92. The molecule has 1 amide bonds. The van der Waals surface area contributed by atoms with Crippen LogP contribution >= 0.6 is 0 Å². The Balaban J connectivity index is 2.50. The molecule has 1 fully saturated rings. The molecule has 0 aromatic rings. The number of carbonyl (C=O) groups excluding carboxylic acids is 1. The number of halogens is 1. The second-order valence-corrected chi connectivity index (χ2v) is 3.77. The van der Waals surface area contributed by atoms with Crippen molar-refractivity contribution in [1.82, 2.24) is 4.90 Å². The standard InChI is InChI=1S/C10H15FN2O2/c11-4-1-8-7-13(6-3-9(8)14)10(15)2-5-12/h8-9,14H,1-4,6-7H2/t8-,9+/m0/s1. The molecular weight excluding hydrogens is 199 g/mol. The van der Waals surface area contributed by atoms with Gasteiger partial charge >= 0.3 is 0 Å². The summed E-state index contributed by atoms with van der Waals surface area (Å²) in [5.41, 5.74) is 0. The summed E-state index contributed by atoms with van der Waals surface area (Å²) in [5.74, 6) is -0.417. The smallest absolute Gasteiger partial charge is 0.236 e. The average molecular weight is 214 g/mol. The molecule has 1 N–H and O–H groups in total. The Morgan fingerprint density at radius 3 is 3.00 bits per heavy atom. The molecule has 2 atom stereocenters. The molecule has 1 heterocycles. The Morgan fingerprint density at radius 2 is 2.40 bits per heavy atom. The van der Waals surface area contributed by atoms with Crippen molar-refractivity contribution in [2.75, 3.05) is 19.8 Å². The number of alkyl halides is 1. The molecule has 1 aliphatic rings. The zero-order valence-electron chi connectivity index (χ0n) is 8.53. The fraction of sp³-hybridized carbons (Fsp3) is 0.800. The summed E-state index contributed by atoms with van der Waals surface area (Å²) in [5, 5.41) is 17.9. The molecule has 0 aliphatic carbocycles. The van der Waals surface area contributed by atoms with Gasteiger partial charge in [-0.2, -0.15) is 5.26 Å². The molecule has 0 aromatic carbocycles. The Bertz CT molecular complexity index is 265. The van der Waals surface area contributed by atoms with E-state index in [1.165, 1.54) is 4.90 Å². The Hall–Kier alpha value is -1.15. The van der Waals surface area contributed by atoms with Crippen LogP contribution < -0.4 is 0 Å². The number of rotatable bonds is 3. The van der Waals surface area contributed by atoms with Crippen molar-refractivity contribution in [3.8, 4) is 6.07 Å². The highest BCUT2D eigenvalue weighted by atomic mass is 19.1. The van der Waals surface area contributed by atoms with Crippen molar-refractivity contribution < 1.29 is 14.3 Å². The molecule has 0 spiro atoms. The van der Waals surface area contributed by atoms with Crippen LogP contribution in [0.25, 0.3) is 0 Å². The average Bonchev–Trinajstić information content (AvgIpc) is 2.22. The summed E-state index contributed by atoms with van der Waals surface area (Å²) < 4.78 is 12.2. The molecule has 0 radical (unpaired) electrons. The van der Waals surface area contributed by atoms with Gasteiger partial charge in [0.25, 0.3) is 0 Å². The molecule has 0 bridgehead atoms. The van der Waals surface area contributed by atoms with Crippen molar-refractivity contribution in [2.45, 2.75) is 25.4 Å². The van der Waals surface area contributed by atoms with Gasteiger partial charge in [0.15, 0.2) is 0 Å². The molecule has 0 saturated carbocycles. The van der Waals surface area contributed by atoms with E-state index in [1.54, 1.807) is 6.07 Å². The third-order valence-corrected chi connectivity index (χ3v) is 2.76. The van der Waals surface area contributed by atoms with Crippen LogP contribution in [0.2, 0.25) is 0 Å². The number of carbonyl (C=O) groups is 1. The second kappa shape index (κ2) is 5.66. The van der Waals surface area contributed by atoms with Gasteiger partial charge in [0.05, 0.1) is 18.8 Å². The van der Waals surface area contributed by atoms with E-state index in [4.69, 9.17) is 5.26 Å². The van der Waals surface area contributed by atoms with Gasteiger partial charge in [-0.25, -0.2) is 0 Å². The van der Waals surface area contributed by atoms with E-state index in [0.717, 1.165) is 0 Å². The first kappa shape index (κ1) is 11.9. The molecule has 15 heavy (non-hydrogen) atoms. The zero-order valence-corrected chi connectivity index (χ0v) is 8.53. The van der Waals surface area contributed by atoms with E-state index in [1.807, 2.05) is 0 Å². The second-order valence-electron chi connectivity index (χ2n) is 3.77. The highest BCUT2D eigenvalue weighted by molar-refractivity contribution is 5.78. The molecule has 1 saturated heterocycles. The summed E-state index contributed by atoms with van der Waals surface area (Å²) in [6.07, 6.45) is 0.0875. The van der Waals surface area contributed by atoms with Crippen molar-refractivity contribution >= 4 is 5.91 Å². The van der Waals surface area contributed by atoms with E-state index < -0.39 is 12.8 Å². The predicted molar refractivity (Wildman–Crippen MR) is 51.5 cm³/mol. The molecular formula is C10H15FN2O2. The van der Waals surface area contributed by atoms with E-state index in [-0.39, 0.29) is 24.7 Å². The number of piperidine rings is 1. The number of hydrogen-bond donors (Lipinski definition) is 1. The third-order valence-electron chi connectivity index (χ3n) is 2.76. The zero-order chi connectivity index (χ0) is 11.3. The van der Waals surface area contributed by atoms with Crippen molar-refractivity contribution in [3.05, 3.63) is 0 Å². The van der Waals surface area contributed by atoms with E-state index in [9.17, 15) is 14.3 Å². The van der Waals surface area contributed by atoms with Gasteiger partial charge in [0.1, 0.15) is 6.42 Å². The van der Waals surface area contributed by atoms with Crippen molar-refractivity contribution in [2.24, 2.45) is 5.92 Å². The van der Waals surface area contributed by atoms with Crippen molar-refractivity contribution in [3.63, 3.8) is 0 Å². The first-order valence-corrected chi connectivity index (χ1v) is 5.07. The molecule has 84 valence electrons.